The summed E-state index contributed by atoms with van der Waals surface area (Å²) < 4.78 is 0. The van der Waals surface area contributed by atoms with E-state index < -0.39 is 0 Å². The van der Waals surface area contributed by atoms with Gasteiger partial charge >= 0.3 is 0 Å². The summed E-state index contributed by atoms with van der Waals surface area (Å²) in [5.74, 6) is 0. The van der Waals surface area contributed by atoms with Crippen molar-refractivity contribution in [3.05, 3.63) is 42.2 Å². The number of aromatic nitrogens is 1. The van der Waals surface area contributed by atoms with Gasteiger partial charge in [-0.1, -0.05) is 12.1 Å². The number of hydrogen-bond acceptors (Lipinski definition) is 2. The van der Waals surface area contributed by atoms with Gasteiger partial charge in [-0.3, -0.25) is 4.98 Å². The Balaban J connectivity index is 2.53. The third-order valence-electron chi connectivity index (χ3n) is 1.25. The maximum absolute atomic E-state index is 8.19. The fourth-order valence-corrected chi connectivity index (χ4v) is 0.751. The lowest BCUT2D eigenvalue weighted by atomic mass is 10.2. The Morgan fingerprint density at radius 1 is 1.55 bits per heavy atom. The summed E-state index contributed by atoms with van der Waals surface area (Å²) in [5.41, 5.74) is 0.985. The molecule has 1 heterocycles. The van der Waals surface area contributed by atoms with Crippen LogP contribution in [0.4, 0.5) is 0 Å². The lowest BCUT2D eigenvalue weighted by Crippen LogP contribution is -1.83. The van der Waals surface area contributed by atoms with Crippen LogP contribution in [0.5, 0.6) is 0 Å². The van der Waals surface area contributed by atoms with Gasteiger partial charge in [0.15, 0.2) is 0 Å². The van der Waals surface area contributed by atoms with E-state index in [0.717, 1.165) is 12.1 Å². The zero-order valence-electron chi connectivity index (χ0n) is 6.07. The molecular weight excluding hydrogens is 136 g/mol. The number of nitriles is 1. The molecule has 54 valence electrons. The molecule has 11 heavy (non-hydrogen) atoms. The molecule has 0 aliphatic carbocycles. The molecule has 0 aliphatic heterocycles. The van der Waals surface area contributed by atoms with Crippen LogP contribution in [0.25, 0.3) is 0 Å². The average Bonchev–Trinajstić information content (AvgIpc) is 2.07. The third-order valence-corrected chi connectivity index (χ3v) is 1.25. The predicted molar refractivity (Wildman–Crippen MR) is 42.7 cm³/mol. The molecule has 0 spiro atoms. The minimum absolute atomic E-state index is 0.731. The summed E-state index contributed by atoms with van der Waals surface area (Å²) in [7, 11) is 0. The van der Waals surface area contributed by atoms with Gasteiger partial charge in [-0.15, -0.1) is 0 Å². The standard InChI is InChI=1S/C9H8N2/c10-7-3-1-5-9-6-2-4-8-11-9/h1-4,6,8H,5H2. The van der Waals surface area contributed by atoms with Gasteiger partial charge in [-0.05, 0) is 12.1 Å². The Kier molecular flexibility index (Phi) is 2.88. The zero-order valence-corrected chi connectivity index (χ0v) is 6.07. The Bertz CT molecular complexity index is 269. The van der Waals surface area contributed by atoms with Gasteiger partial charge in [0.05, 0.1) is 6.07 Å². The first-order valence-electron chi connectivity index (χ1n) is 3.38. The van der Waals surface area contributed by atoms with Gasteiger partial charge in [-0.2, -0.15) is 5.26 Å². The highest BCUT2D eigenvalue weighted by molar-refractivity contribution is 5.11. The van der Waals surface area contributed by atoms with Gasteiger partial charge in [0.1, 0.15) is 0 Å². The molecular formula is C9H8N2. The van der Waals surface area contributed by atoms with Gasteiger partial charge in [0.2, 0.25) is 0 Å². The second kappa shape index (κ2) is 4.24. The summed E-state index contributed by atoms with van der Waals surface area (Å²) in [6.45, 7) is 0. The van der Waals surface area contributed by atoms with E-state index in [0.29, 0.717) is 0 Å². The predicted octanol–water partition coefficient (Wildman–Crippen LogP) is 1.70. The highest BCUT2D eigenvalue weighted by Crippen LogP contribution is 1.94. The second-order valence-corrected chi connectivity index (χ2v) is 2.06. The SMILES string of the molecule is N#CC=CCc1ccccn1. The van der Waals surface area contributed by atoms with E-state index in [1.54, 1.807) is 12.3 Å². The van der Waals surface area contributed by atoms with Crippen LogP contribution in [0.2, 0.25) is 0 Å². The Morgan fingerprint density at radius 2 is 2.45 bits per heavy atom. The molecule has 0 radical (unpaired) electrons. The molecule has 0 aliphatic rings. The summed E-state index contributed by atoms with van der Waals surface area (Å²) in [6, 6.07) is 7.67. The van der Waals surface area contributed by atoms with Crippen LogP contribution in [0.15, 0.2) is 36.5 Å². The van der Waals surface area contributed by atoms with Crippen LogP contribution in [0.1, 0.15) is 5.69 Å². The van der Waals surface area contributed by atoms with Crippen molar-refractivity contribution in [3.8, 4) is 6.07 Å². The monoisotopic (exact) mass is 144 g/mol. The van der Waals surface area contributed by atoms with Crippen molar-refractivity contribution < 1.29 is 0 Å². The molecule has 0 bridgehead atoms. The lowest BCUT2D eigenvalue weighted by molar-refractivity contribution is 1.11. The highest BCUT2D eigenvalue weighted by atomic mass is 14.7. The van der Waals surface area contributed by atoms with Gasteiger partial charge in [-0.25, -0.2) is 0 Å². The number of nitrogens with zero attached hydrogens (tertiary/aromatic N) is 2. The summed E-state index contributed by atoms with van der Waals surface area (Å²) in [5, 5.41) is 8.19. The number of pyridine rings is 1. The van der Waals surface area contributed by atoms with Crippen LogP contribution in [0, 0.1) is 11.3 Å². The van der Waals surface area contributed by atoms with E-state index in [1.165, 1.54) is 6.08 Å². The molecule has 2 nitrogen and oxygen atoms in total. The lowest BCUT2D eigenvalue weighted by Gasteiger charge is -1.90. The van der Waals surface area contributed by atoms with E-state index in [4.69, 9.17) is 5.26 Å². The van der Waals surface area contributed by atoms with Crippen molar-refractivity contribution >= 4 is 0 Å². The fraction of sp³-hybridized carbons (Fsp3) is 0.111. The second-order valence-electron chi connectivity index (χ2n) is 2.06. The van der Waals surface area contributed by atoms with Crippen LogP contribution < -0.4 is 0 Å². The van der Waals surface area contributed by atoms with Gasteiger partial charge in [0, 0.05) is 24.4 Å². The summed E-state index contributed by atoms with van der Waals surface area (Å²) in [4.78, 5) is 4.09. The molecule has 0 aromatic carbocycles. The molecule has 1 rings (SSSR count). The van der Waals surface area contributed by atoms with E-state index in [1.807, 2.05) is 24.3 Å². The normalized spacial score (nSPS) is 9.73. The minimum atomic E-state index is 0.731. The first kappa shape index (κ1) is 7.49. The highest BCUT2D eigenvalue weighted by Gasteiger charge is 1.85. The van der Waals surface area contributed by atoms with Crippen LogP contribution in [-0.4, -0.2) is 4.98 Å². The maximum Gasteiger partial charge on any atom is 0.0908 e. The topological polar surface area (TPSA) is 36.7 Å². The number of hydrogen-bond donors (Lipinski definition) is 0. The molecule has 0 N–H and O–H groups in total. The van der Waals surface area contributed by atoms with E-state index >= 15 is 0 Å². The molecule has 0 fully saturated rings. The summed E-state index contributed by atoms with van der Waals surface area (Å²) in [6.07, 6.45) is 5.74. The average molecular weight is 144 g/mol. The Hall–Kier alpha value is -1.62. The van der Waals surface area contributed by atoms with Crippen molar-refractivity contribution in [1.29, 1.82) is 5.26 Å². The molecule has 0 saturated heterocycles. The van der Waals surface area contributed by atoms with Gasteiger partial charge < -0.3 is 0 Å². The Morgan fingerprint density at radius 3 is 3.09 bits per heavy atom. The quantitative estimate of drug-likeness (QED) is 0.592. The molecule has 1 aromatic heterocycles. The fourth-order valence-electron chi connectivity index (χ4n) is 0.751. The maximum atomic E-state index is 8.19. The minimum Gasteiger partial charge on any atom is -0.261 e. The van der Waals surface area contributed by atoms with Crippen molar-refractivity contribution in [1.82, 2.24) is 4.98 Å². The molecule has 2 heteroatoms. The number of allylic oxidation sites excluding steroid dienone is 2. The third kappa shape index (κ3) is 2.63. The van der Waals surface area contributed by atoms with Crippen LogP contribution >= 0.6 is 0 Å². The van der Waals surface area contributed by atoms with Crippen molar-refractivity contribution in [2.24, 2.45) is 0 Å². The van der Waals surface area contributed by atoms with Crippen molar-refractivity contribution in [2.45, 2.75) is 6.42 Å². The van der Waals surface area contributed by atoms with E-state index in [9.17, 15) is 0 Å². The smallest absolute Gasteiger partial charge is 0.0908 e. The van der Waals surface area contributed by atoms with Crippen LogP contribution in [0.3, 0.4) is 0 Å². The van der Waals surface area contributed by atoms with Gasteiger partial charge in [0.25, 0.3) is 0 Å². The van der Waals surface area contributed by atoms with Crippen LogP contribution in [-0.2, 0) is 6.42 Å². The van der Waals surface area contributed by atoms with E-state index in [-0.39, 0.29) is 0 Å². The molecule has 0 amide bonds. The first-order valence-corrected chi connectivity index (χ1v) is 3.38. The number of rotatable bonds is 2. The molecule has 0 saturated carbocycles. The largest absolute Gasteiger partial charge is 0.261 e. The molecule has 0 atom stereocenters. The summed E-state index contributed by atoms with van der Waals surface area (Å²) >= 11 is 0. The van der Waals surface area contributed by atoms with Crippen molar-refractivity contribution in [2.75, 3.05) is 0 Å². The van der Waals surface area contributed by atoms with Crippen molar-refractivity contribution in [3.63, 3.8) is 0 Å². The van der Waals surface area contributed by atoms with E-state index in [2.05, 4.69) is 4.98 Å². The Labute approximate surface area is 65.8 Å². The zero-order chi connectivity index (χ0) is 7.94. The molecule has 0 unspecified atom stereocenters. The first-order chi connectivity index (χ1) is 5.43. The molecule has 1 aromatic rings.